The molecular weight excluding hydrogens is 206 g/mol. The molecule has 0 aromatic heterocycles. The van der Waals surface area contributed by atoms with Crippen molar-refractivity contribution in [2.24, 2.45) is 0 Å². The fourth-order valence-electron chi connectivity index (χ4n) is 1.94. The van der Waals surface area contributed by atoms with Gasteiger partial charge in [0.1, 0.15) is 0 Å². The second-order valence-electron chi connectivity index (χ2n) is 4.32. The molecule has 0 aromatic carbocycles. The molecule has 1 rings (SSSR count). The maximum Gasteiger partial charge on any atom is 0.236 e. The van der Waals surface area contributed by atoms with Crippen molar-refractivity contribution in [1.29, 1.82) is 0 Å². The van der Waals surface area contributed by atoms with Crippen LogP contribution < -0.4 is 10.6 Å². The van der Waals surface area contributed by atoms with Crippen LogP contribution in [0.3, 0.4) is 0 Å². The number of ether oxygens (including phenoxy) is 1. The largest absolute Gasteiger partial charge is 0.379 e. The van der Waals surface area contributed by atoms with Crippen molar-refractivity contribution < 1.29 is 9.53 Å². The molecular formula is C11H23N3O2. The van der Waals surface area contributed by atoms with Gasteiger partial charge in [0.2, 0.25) is 5.91 Å². The number of carbonyl (C=O) groups is 1. The number of rotatable bonds is 5. The number of hydrogen-bond acceptors (Lipinski definition) is 4. The third-order valence-electron chi connectivity index (χ3n) is 2.81. The summed E-state index contributed by atoms with van der Waals surface area (Å²) in [4.78, 5) is 13.7. The van der Waals surface area contributed by atoms with E-state index in [4.69, 9.17) is 4.74 Å². The van der Waals surface area contributed by atoms with Crippen LogP contribution in [-0.2, 0) is 9.53 Å². The summed E-state index contributed by atoms with van der Waals surface area (Å²) in [5.41, 5.74) is 0. The van der Waals surface area contributed by atoms with Crippen molar-refractivity contribution in [1.82, 2.24) is 15.5 Å². The van der Waals surface area contributed by atoms with Gasteiger partial charge in [0.15, 0.2) is 0 Å². The smallest absolute Gasteiger partial charge is 0.236 e. The minimum Gasteiger partial charge on any atom is -0.379 e. The molecule has 16 heavy (non-hydrogen) atoms. The van der Waals surface area contributed by atoms with Gasteiger partial charge in [-0.05, 0) is 13.8 Å². The highest BCUT2D eigenvalue weighted by Crippen LogP contribution is 1.99. The normalized spacial score (nSPS) is 21.4. The zero-order valence-electron chi connectivity index (χ0n) is 10.5. The monoisotopic (exact) mass is 229 g/mol. The second kappa shape index (κ2) is 6.83. The summed E-state index contributed by atoms with van der Waals surface area (Å²) in [6.07, 6.45) is 0. The minimum atomic E-state index is -0.138. The lowest BCUT2D eigenvalue weighted by Crippen LogP contribution is -2.50. The number of likely N-dealkylation sites (N-methyl/N-ethyl adjacent to an activating group) is 1. The van der Waals surface area contributed by atoms with Crippen LogP contribution in [0, 0.1) is 0 Å². The van der Waals surface area contributed by atoms with Crippen LogP contribution in [0.5, 0.6) is 0 Å². The first kappa shape index (κ1) is 13.4. The molecule has 2 N–H and O–H groups in total. The van der Waals surface area contributed by atoms with Gasteiger partial charge < -0.3 is 15.4 Å². The standard InChI is InChI=1S/C11H23N3O2/c1-9(13-10(2)11(15)12-3)8-14-4-6-16-7-5-14/h9-10,13H,4-8H2,1-3H3,(H,12,15). The lowest BCUT2D eigenvalue weighted by molar-refractivity contribution is -0.122. The van der Waals surface area contributed by atoms with E-state index in [-0.39, 0.29) is 11.9 Å². The Balaban J connectivity index is 2.23. The summed E-state index contributed by atoms with van der Waals surface area (Å²) in [5, 5.41) is 5.92. The number of hydrogen-bond donors (Lipinski definition) is 2. The topological polar surface area (TPSA) is 53.6 Å². The van der Waals surface area contributed by atoms with Gasteiger partial charge in [0.25, 0.3) is 0 Å². The average Bonchev–Trinajstić information content (AvgIpc) is 2.29. The van der Waals surface area contributed by atoms with Gasteiger partial charge in [0.05, 0.1) is 19.3 Å². The molecule has 0 aliphatic carbocycles. The molecule has 2 atom stereocenters. The highest BCUT2D eigenvalue weighted by molar-refractivity contribution is 5.80. The van der Waals surface area contributed by atoms with Crippen molar-refractivity contribution in [2.75, 3.05) is 39.9 Å². The van der Waals surface area contributed by atoms with Crippen molar-refractivity contribution in [3.63, 3.8) is 0 Å². The fourth-order valence-corrected chi connectivity index (χ4v) is 1.94. The van der Waals surface area contributed by atoms with Gasteiger partial charge in [-0.2, -0.15) is 0 Å². The summed E-state index contributed by atoms with van der Waals surface area (Å²) < 4.78 is 5.29. The first-order chi connectivity index (χ1) is 7.63. The Morgan fingerprint density at radius 2 is 2.00 bits per heavy atom. The van der Waals surface area contributed by atoms with E-state index in [9.17, 15) is 4.79 Å². The maximum absolute atomic E-state index is 11.3. The highest BCUT2D eigenvalue weighted by Gasteiger charge is 2.17. The number of nitrogens with one attached hydrogen (secondary N) is 2. The van der Waals surface area contributed by atoms with E-state index in [2.05, 4.69) is 22.5 Å². The summed E-state index contributed by atoms with van der Waals surface area (Å²) in [6, 6.07) is 0.173. The molecule has 94 valence electrons. The van der Waals surface area contributed by atoms with Gasteiger partial charge in [-0.15, -0.1) is 0 Å². The van der Waals surface area contributed by atoms with Gasteiger partial charge in [-0.25, -0.2) is 0 Å². The third kappa shape index (κ3) is 4.47. The first-order valence-electron chi connectivity index (χ1n) is 5.91. The summed E-state index contributed by atoms with van der Waals surface area (Å²) in [7, 11) is 1.66. The molecule has 5 nitrogen and oxygen atoms in total. The van der Waals surface area contributed by atoms with Crippen molar-refractivity contribution in [2.45, 2.75) is 25.9 Å². The molecule has 5 heteroatoms. The molecule has 1 heterocycles. The van der Waals surface area contributed by atoms with E-state index in [1.54, 1.807) is 7.05 Å². The van der Waals surface area contributed by atoms with E-state index in [1.165, 1.54) is 0 Å². The molecule has 0 bridgehead atoms. The Kier molecular flexibility index (Phi) is 5.73. The van der Waals surface area contributed by atoms with E-state index in [0.717, 1.165) is 32.8 Å². The molecule has 0 spiro atoms. The molecule has 2 unspecified atom stereocenters. The van der Waals surface area contributed by atoms with Crippen LogP contribution >= 0.6 is 0 Å². The van der Waals surface area contributed by atoms with Crippen LogP contribution in [0.4, 0.5) is 0 Å². The van der Waals surface area contributed by atoms with Crippen LogP contribution in [0.1, 0.15) is 13.8 Å². The zero-order valence-corrected chi connectivity index (χ0v) is 10.5. The van der Waals surface area contributed by atoms with Crippen LogP contribution in [0.15, 0.2) is 0 Å². The Bertz CT molecular complexity index is 217. The Hall–Kier alpha value is -0.650. The summed E-state index contributed by atoms with van der Waals surface area (Å²) in [6.45, 7) is 8.56. The van der Waals surface area contributed by atoms with E-state index in [1.807, 2.05) is 6.92 Å². The van der Waals surface area contributed by atoms with Gasteiger partial charge in [-0.1, -0.05) is 0 Å². The van der Waals surface area contributed by atoms with E-state index < -0.39 is 0 Å². The SMILES string of the molecule is CNC(=O)C(C)NC(C)CN1CCOCC1. The molecule has 1 aliphatic rings. The lowest BCUT2D eigenvalue weighted by Gasteiger charge is -2.30. The third-order valence-corrected chi connectivity index (χ3v) is 2.81. The summed E-state index contributed by atoms with van der Waals surface area (Å²) in [5.74, 6) is 0.0360. The number of nitrogens with zero attached hydrogens (tertiary/aromatic N) is 1. The molecule has 1 fully saturated rings. The van der Waals surface area contributed by atoms with E-state index in [0.29, 0.717) is 6.04 Å². The number of morpholine rings is 1. The zero-order chi connectivity index (χ0) is 12.0. The molecule has 1 amide bonds. The summed E-state index contributed by atoms with van der Waals surface area (Å²) >= 11 is 0. The second-order valence-corrected chi connectivity index (χ2v) is 4.32. The predicted octanol–water partition coefficient (Wildman–Crippen LogP) is -0.569. The van der Waals surface area contributed by atoms with Crippen LogP contribution in [0.2, 0.25) is 0 Å². The Morgan fingerprint density at radius 3 is 2.56 bits per heavy atom. The quantitative estimate of drug-likeness (QED) is 0.663. The Labute approximate surface area is 97.5 Å². The number of carbonyl (C=O) groups excluding carboxylic acids is 1. The lowest BCUT2D eigenvalue weighted by atomic mass is 10.2. The predicted molar refractivity (Wildman–Crippen MR) is 63.4 cm³/mol. The van der Waals surface area contributed by atoms with E-state index >= 15 is 0 Å². The molecule has 1 aliphatic heterocycles. The average molecular weight is 229 g/mol. The van der Waals surface area contributed by atoms with Crippen LogP contribution in [0.25, 0.3) is 0 Å². The van der Waals surface area contributed by atoms with Crippen molar-refractivity contribution in [3.8, 4) is 0 Å². The van der Waals surface area contributed by atoms with Gasteiger partial charge in [-0.3, -0.25) is 9.69 Å². The van der Waals surface area contributed by atoms with Crippen molar-refractivity contribution >= 4 is 5.91 Å². The van der Waals surface area contributed by atoms with Gasteiger partial charge >= 0.3 is 0 Å². The molecule has 1 saturated heterocycles. The fraction of sp³-hybridized carbons (Fsp3) is 0.909. The highest BCUT2D eigenvalue weighted by atomic mass is 16.5. The maximum atomic E-state index is 11.3. The molecule has 0 saturated carbocycles. The molecule has 0 radical (unpaired) electrons. The molecule has 0 aromatic rings. The number of amides is 1. The van der Waals surface area contributed by atoms with Gasteiger partial charge in [0, 0.05) is 32.7 Å². The van der Waals surface area contributed by atoms with Crippen LogP contribution in [-0.4, -0.2) is 62.8 Å². The van der Waals surface area contributed by atoms with Crippen molar-refractivity contribution in [3.05, 3.63) is 0 Å². The Morgan fingerprint density at radius 1 is 1.38 bits per heavy atom. The first-order valence-corrected chi connectivity index (χ1v) is 5.91. The minimum absolute atomic E-state index is 0.0360.